The van der Waals surface area contributed by atoms with Gasteiger partial charge in [-0.1, -0.05) is 30.3 Å². The summed E-state index contributed by atoms with van der Waals surface area (Å²) < 4.78 is 18.4. The zero-order valence-electron chi connectivity index (χ0n) is 14.5. The fourth-order valence-corrected chi connectivity index (χ4v) is 3.00. The molecule has 138 valence electrons. The van der Waals surface area contributed by atoms with Crippen LogP contribution < -0.4 is 5.32 Å². The summed E-state index contributed by atoms with van der Waals surface area (Å²) in [6, 6.07) is 7.76. The average Bonchev–Trinajstić information content (AvgIpc) is 3.03. The molecule has 0 spiro atoms. The SMILES string of the molecule is CCOC(=O)c1cc(CC)sc1NC(=O)CO/N=C\c1ccccc1F. The van der Waals surface area contributed by atoms with Gasteiger partial charge in [0.15, 0.2) is 6.61 Å². The van der Waals surface area contributed by atoms with Gasteiger partial charge in [0.05, 0.1) is 18.4 Å². The van der Waals surface area contributed by atoms with Crippen molar-refractivity contribution in [2.45, 2.75) is 20.3 Å². The second kappa shape index (κ2) is 9.67. The average molecular weight is 378 g/mol. The van der Waals surface area contributed by atoms with Crippen LogP contribution in [0.5, 0.6) is 0 Å². The summed E-state index contributed by atoms with van der Waals surface area (Å²) in [6.07, 6.45) is 1.92. The van der Waals surface area contributed by atoms with Gasteiger partial charge in [0.1, 0.15) is 10.8 Å². The first kappa shape index (κ1) is 19.6. The van der Waals surface area contributed by atoms with Gasteiger partial charge in [-0.2, -0.15) is 0 Å². The number of thiophene rings is 1. The first-order valence-corrected chi connectivity index (χ1v) is 8.86. The van der Waals surface area contributed by atoms with Crippen molar-refractivity contribution in [3.8, 4) is 0 Å². The summed E-state index contributed by atoms with van der Waals surface area (Å²) in [5.74, 6) is -1.41. The molecule has 0 unspecified atom stereocenters. The molecule has 1 heterocycles. The van der Waals surface area contributed by atoms with Crippen molar-refractivity contribution in [3.63, 3.8) is 0 Å². The first-order chi connectivity index (χ1) is 12.5. The van der Waals surface area contributed by atoms with Crippen LogP contribution in [-0.2, 0) is 20.8 Å². The van der Waals surface area contributed by atoms with E-state index >= 15 is 0 Å². The lowest BCUT2D eigenvalue weighted by Gasteiger charge is -2.05. The number of halogens is 1. The van der Waals surface area contributed by atoms with Gasteiger partial charge >= 0.3 is 5.97 Å². The highest BCUT2D eigenvalue weighted by Crippen LogP contribution is 2.29. The molecule has 0 aliphatic rings. The van der Waals surface area contributed by atoms with E-state index in [1.54, 1.807) is 25.1 Å². The Labute approximate surface area is 154 Å². The summed E-state index contributed by atoms with van der Waals surface area (Å²) in [4.78, 5) is 29.8. The molecule has 26 heavy (non-hydrogen) atoms. The molecule has 1 aromatic heterocycles. The summed E-state index contributed by atoms with van der Waals surface area (Å²) in [7, 11) is 0. The Morgan fingerprint density at radius 3 is 2.77 bits per heavy atom. The van der Waals surface area contributed by atoms with Crippen LogP contribution in [0.2, 0.25) is 0 Å². The molecule has 0 aliphatic carbocycles. The van der Waals surface area contributed by atoms with Crippen molar-refractivity contribution in [2.24, 2.45) is 5.16 Å². The van der Waals surface area contributed by atoms with Gasteiger partial charge in [0, 0.05) is 10.4 Å². The second-order valence-corrected chi connectivity index (χ2v) is 6.24. The van der Waals surface area contributed by atoms with Crippen molar-refractivity contribution in [1.82, 2.24) is 0 Å². The molecule has 2 rings (SSSR count). The van der Waals surface area contributed by atoms with E-state index in [-0.39, 0.29) is 18.8 Å². The Morgan fingerprint density at radius 2 is 2.08 bits per heavy atom. The zero-order chi connectivity index (χ0) is 18.9. The lowest BCUT2D eigenvalue weighted by molar-refractivity contribution is -0.120. The zero-order valence-corrected chi connectivity index (χ0v) is 15.3. The third-order valence-corrected chi connectivity index (χ3v) is 4.44. The molecule has 0 fully saturated rings. The van der Waals surface area contributed by atoms with Crippen LogP contribution in [0.4, 0.5) is 9.39 Å². The Bertz CT molecular complexity index is 804. The minimum absolute atomic E-state index is 0.247. The molecule has 2 aromatic rings. The predicted octanol–water partition coefficient (Wildman–Crippen LogP) is 3.62. The standard InChI is InChI=1S/C18H19FN2O4S/c1-3-13-9-14(18(23)24-4-2)17(26-13)21-16(22)11-25-20-10-12-7-5-6-8-15(12)19/h5-10H,3-4,11H2,1-2H3,(H,21,22)/b20-10-. The topological polar surface area (TPSA) is 77.0 Å². The Kier molecular flexibility index (Phi) is 7.28. The van der Waals surface area contributed by atoms with Crippen molar-refractivity contribution in [2.75, 3.05) is 18.5 Å². The van der Waals surface area contributed by atoms with E-state index in [0.29, 0.717) is 10.6 Å². The number of hydrogen-bond donors (Lipinski definition) is 1. The van der Waals surface area contributed by atoms with E-state index < -0.39 is 17.7 Å². The lowest BCUT2D eigenvalue weighted by Crippen LogP contribution is -2.18. The molecule has 0 saturated heterocycles. The van der Waals surface area contributed by atoms with Crippen LogP contribution in [0.15, 0.2) is 35.5 Å². The van der Waals surface area contributed by atoms with E-state index in [1.807, 2.05) is 6.92 Å². The predicted molar refractivity (Wildman–Crippen MR) is 98.2 cm³/mol. The molecule has 0 bridgehead atoms. The number of esters is 1. The number of nitrogens with one attached hydrogen (secondary N) is 1. The summed E-state index contributed by atoms with van der Waals surface area (Å²) in [5.41, 5.74) is 0.570. The van der Waals surface area contributed by atoms with Crippen LogP contribution in [0.25, 0.3) is 0 Å². The third kappa shape index (κ3) is 5.38. The molecule has 1 N–H and O–H groups in total. The van der Waals surface area contributed by atoms with Crippen molar-refractivity contribution in [3.05, 3.63) is 52.2 Å². The van der Waals surface area contributed by atoms with Crippen LogP contribution in [0.1, 0.15) is 34.6 Å². The van der Waals surface area contributed by atoms with E-state index in [0.717, 1.165) is 11.3 Å². The fraction of sp³-hybridized carbons (Fsp3) is 0.278. The monoisotopic (exact) mass is 378 g/mol. The molecule has 0 aliphatic heterocycles. The number of benzene rings is 1. The summed E-state index contributed by atoms with van der Waals surface area (Å²) in [5, 5.41) is 6.61. The number of nitrogens with zero attached hydrogens (tertiary/aromatic N) is 1. The van der Waals surface area contributed by atoms with Gasteiger partial charge in [-0.15, -0.1) is 11.3 Å². The van der Waals surface area contributed by atoms with Crippen LogP contribution in [0, 0.1) is 5.82 Å². The molecule has 6 nitrogen and oxygen atoms in total. The van der Waals surface area contributed by atoms with Crippen LogP contribution in [0.3, 0.4) is 0 Å². The molecular weight excluding hydrogens is 359 g/mol. The highest BCUT2D eigenvalue weighted by atomic mass is 32.1. The molecule has 0 atom stereocenters. The number of aryl methyl sites for hydroxylation is 1. The van der Waals surface area contributed by atoms with Crippen LogP contribution >= 0.6 is 11.3 Å². The van der Waals surface area contributed by atoms with Gasteiger partial charge < -0.3 is 14.9 Å². The molecular formula is C18H19FN2O4S. The molecule has 1 aromatic carbocycles. The maximum absolute atomic E-state index is 13.4. The quantitative estimate of drug-likeness (QED) is 0.432. The first-order valence-electron chi connectivity index (χ1n) is 8.04. The van der Waals surface area contributed by atoms with Gasteiger partial charge in [-0.25, -0.2) is 9.18 Å². The largest absolute Gasteiger partial charge is 0.462 e. The van der Waals surface area contributed by atoms with Gasteiger partial charge in [0.2, 0.25) is 0 Å². The molecule has 1 amide bonds. The van der Waals surface area contributed by atoms with Crippen molar-refractivity contribution in [1.29, 1.82) is 0 Å². The molecule has 0 saturated carbocycles. The maximum atomic E-state index is 13.4. The Balaban J connectivity index is 1.94. The van der Waals surface area contributed by atoms with Crippen LogP contribution in [-0.4, -0.2) is 31.3 Å². The maximum Gasteiger partial charge on any atom is 0.341 e. The van der Waals surface area contributed by atoms with Gasteiger partial charge in [0.25, 0.3) is 5.91 Å². The molecule has 0 radical (unpaired) electrons. The second-order valence-electron chi connectivity index (χ2n) is 5.11. The number of carbonyl (C=O) groups is 2. The van der Waals surface area contributed by atoms with E-state index in [1.165, 1.54) is 29.7 Å². The number of rotatable bonds is 8. The fourth-order valence-electron chi connectivity index (χ4n) is 2.00. The number of hydrogen-bond acceptors (Lipinski definition) is 6. The summed E-state index contributed by atoms with van der Waals surface area (Å²) >= 11 is 1.30. The molecule has 8 heteroatoms. The third-order valence-electron chi connectivity index (χ3n) is 3.25. The van der Waals surface area contributed by atoms with E-state index in [9.17, 15) is 14.0 Å². The number of anilines is 1. The minimum Gasteiger partial charge on any atom is -0.462 e. The van der Waals surface area contributed by atoms with Crippen molar-refractivity contribution < 1.29 is 23.6 Å². The normalized spacial score (nSPS) is 10.7. The van der Waals surface area contributed by atoms with Crippen molar-refractivity contribution >= 4 is 34.4 Å². The number of amides is 1. The highest BCUT2D eigenvalue weighted by molar-refractivity contribution is 7.16. The number of ether oxygens (including phenoxy) is 1. The van der Waals surface area contributed by atoms with E-state index in [2.05, 4.69) is 10.5 Å². The smallest absolute Gasteiger partial charge is 0.341 e. The Hall–Kier alpha value is -2.74. The van der Waals surface area contributed by atoms with E-state index in [4.69, 9.17) is 9.57 Å². The number of oxime groups is 1. The van der Waals surface area contributed by atoms with Gasteiger partial charge in [-0.3, -0.25) is 4.79 Å². The highest BCUT2D eigenvalue weighted by Gasteiger charge is 2.18. The summed E-state index contributed by atoms with van der Waals surface area (Å²) in [6.45, 7) is 3.54. The minimum atomic E-state index is -0.489. The van der Waals surface area contributed by atoms with Gasteiger partial charge in [-0.05, 0) is 25.5 Å². The Morgan fingerprint density at radius 1 is 1.31 bits per heavy atom. The lowest BCUT2D eigenvalue weighted by atomic mass is 10.2. The number of carbonyl (C=O) groups excluding carboxylic acids is 2.